The number of carbonyl (C=O) groups excluding carboxylic acids is 2. The zero-order valence-corrected chi connectivity index (χ0v) is 15.9. The van der Waals surface area contributed by atoms with Crippen LogP contribution in [0.1, 0.15) is 30.0 Å². The molecule has 0 aliphatic carbocycles. The molecular weight excluding hydrogens is 354 g/mol. The molecule has 28 heavy (non-hydrogen) atoms. The first-order valence-corrected chi connectivity index (χ1v) is 9.20. The Morgan fingerprint density at radius 1 is 0.929 bits per heavy atom. The molecule has 1 heterocycles. The predicted octanol–water partition coefficient (Wildman–Crippen LogP) is 4.44. The highest BCUT2D eigenvalue weighted by atomic mass is 16.5. The molecule has 0 radical (unpaired) electrons. The lowest BCUT2D eigenvalue weighted by molar-refractivity contribution is -0.148. The van der Waals surface area contributed by atoms with Crippen molar-refractivity contribution in [1.82, 2.24) is 5.32 Å². The summed E-state index contributed by atoms with van der Waals surface area (Å²) in [7, 11) is 0. The Labute approximate surface area is 164 Å². The first kappa shape index (κ1) is 19.4. The van der Waals surface area contributed by atoms with Crippen molar-refractivity contribution in [2.24, 2.45) is 5.92 Å². The van der Waals surface area contributed by atoms with Gasteiger partial charge in [-0.05, 0) is 34.7 Å². The van der Waals surface area contributed by atoms with Gasteiger partial charge in [-0.3, -0.25) is 4.79 Å². The Morgan fingerprint density at radius 3 is 2.21 bits per heavy atom. The van der Waals surface area contributed by atoms with Crippen LogP contribution in [-0.2, 0) is 16.1 Å². The lowest BCUT2D eigenvalue weighted by Gasteiger charge is -2.20. The normalized spacial score (nSPS) is 11.8. The third-order valence-corrected chi connectivity index (χ3v) is 4.39. The highest BCUT2D eigenvalue weighted by Gasteiger charge is 2.27. The minimum Gasteiger partial charge on any atom is -0.459 e. The van der Waals surface area contributed by atoms with Gasteiger partial charge in [0.1, 0.15) is 12.6 Å². The van der Waals surface area contributed by atoms with E-state index >= 15 is 0 Å². The van der Waals surface area contributed by atoms with Gasteiger partial charge < -0.3 is 14.5 Å². The number of carbonyl (C=O) groups is 2. The topological polar surface area (TPSA) is 68.5 Å². The Bertz CT molecular complexity index is 900. The molecule has 0 unspecified atom stereocenters. The average Bonchev–Trinajstić information content (AvgIpc) is 3.26. The van der Waals surface area contributed by atoms with Gasteiger partial charge in [-0.1, -0.05) is 68.4 Å². The van der Waals surface area contributed by atoms with Crippen molar-refractivity contribution in [1.29, 1.82) is 0 Å². The summed E-state index contributed by atoms with van der Waals surface area (Å²) in [6.45, 7) is 3.85. The van der Waals surface area contributed by atoms with Gasteiger partial charge in [0.15, 0.2) is 5.76 Å². The van der Waals surface area contributed by atoms with Crippen LogP contribution < -0.4 is 5.32 Å². The van der Waals surface area contributed by atoms with E-state index in [0.717, 1.165) is 16.7 Å². The van der Waals surface area contributed by atoms with Crippen molar-refractivity contribution in [2.45, 2.75) is 26.5 Å². The summed E-state index contributed by atoms with van der Waals surface area (Å²) < 4.78 is 10.5. The van der Waals surface area contributed by atoms with Crippen molar-refractivity contribution < 1.29 is 18.7 Å². The molecule has 0 fully saturated rings. The second-order valence-corrected chi connectivity index (χ2v) is 6.84. The second-order valence-electron chi connectivity index (χ2n) is 6.84. The lowest BCUT2D eigenvalue weighted by Crippen LogP contribution is -2.45. The van der Waals surface area contributed by atoms with Crippen LogP contribution in [0.4, 0.5) is 0 Å². The zero-order chi connectivity index (χ0) is 19.9. The number of hydrogen-bond donors (Lipinski definition) is 1. The minimum atomic E-state index is -0.749. The summed E-state index contributed by atoms with van der Waals surface area (Å²) in [5.41, 5.74) is 3.11. The molecule has 1 atom stereocenters. The van der Waals surface area contributed by atoms with Gasteiger partial charge in [0.05, 0.1) is 6.26 Å². The SMILES string of the molecule is CC(C)[C@H](NC(=O)c1ccco1)C(=O)OCc1ccc(-c2ccccc2)cc1. The molecule has 1 N–H and O–H groups in total. The number of furan rings is 1. The van der Waals surface area contributed by atoms with Gasteiger partial charge in [0, 0.05) is 0 Å². The quantitative estimate of drug-likeness (QED) is 0.618. The van der Waals surface area contributed by atoms with Gasteiger partial charge in [-0.15, -0.1) is 0 Å². The number of rotatable bonds is 7. The summed E-state index contributed by atoms with van der Waals surface area (Å²) in [6.07, 6.45) is 1.41. The molecule has 1 amide bonds. The van der Waals surface area contributed by atoms with Crippen molar-refractivity contribution >= 4 is 11.9 Å². The summed E-state index contributed by atoms with van der Waals surface area (Å²) >= 11 is 0. The number of ether oxygens (including phenoxy) is 1. The molecule has 2 aromatic carbocycles. The van der Waals surface area contributed by atoms with Crippen LogP contribution in [-0.4, -0.2) is 17.9 Å². The first-order chi connectivity index (χ1) is 13.5. The molecule has 3 aromatic rings. The monoisotopic (exact) mass is 377 g/mol. The smallest absolute Gasteiger partial charge is 0.329 e. The highest BCUT2D eigenvalue weighted by molar-refractivity contribution is 5.94. The molecule has 0 bridgehead atoms. The predicted molar refractivity (Wildman–Crippen MR) is 106 cm³/mol. The van der Waals surface area contributed by atoms with E-state index in [4.69, 9.17) is 9.15 Å². The number of benzene rings is 2. The van der Waals surface area contributed by atoms with Crippen molar-refractivity contribution in [3.05, 3.63) is 84.3 Å². The molecule has 0 aliphatic heterocycles. The van der Waals surface area contributed by atoms with Crippen molar-refractivity contribution in [3.8, 4) is 11.1 Å². The van der Waals surface area contributed by atoms with E-state index in [1.165, 1.54) is 6.26 Å². The first-order valence-electron chi connectivity index (χ1n) is 9.20. The summed E-state index contributed by atoms with van der Waals surface area (Å²) in [5.74, 6) is -0.864. The maximum absolute atomic E-state index is 12.5. The highest BCUT2D eigenvalue weighted by Crippen LogP contribution is 2.19. The molecule has 3 rings (SSSR count). The Kier molecular flexibility index (Phi) is 6.27. The Balaban J connectivity index is 1.59. The Morgan fingerprint density at radius 2 is 1.61 bits per heavy atom. The molecule has 0 spiro atoms. The van der Waals surface area contributed by atoms with E-state index in [-0.39, 0.29) is 18.3 Å². The maximum atomic E-state index is 12.5. The van der Waals surface area contributed by atoms with E-state index in [2.05, 4.69) is 5.32 Å². The van der Waals surface area contributed by atoms with Crippen molar-refractivity contribution in [3.63, 3.8) is 0 Å². The molecule has 0 aliphatic rings. The van der Waals surface area contributed by atoms with Gasteiger partial charge in [-0.2, -0.15) is 0 Å². The van der Waals surface area contributed by atoms with Crippen LogP contribution in [0.5, 0.6) is 0 Å². The third-order valence-electron chi connectivity index (χ3n) is 4.39. The number of nitrogens with one attached hydrogen (secondary N) is 1. The van der Waals surface area contributed by atoms with E-state index in [0.29, 0.717) is 0 Å². The molecule has 5 heteroatoms. The van der Waals surface area contributed by atoms with E-state index in [1.807, 2.05) is 68.4 Å². The Hall–Kier alpha value is -3.34. The lowest BCUT2D eigenvalue weighted by atomic mass is 10.0. The van der Waals surface area contributed by atoms with Gasteiger partial charge in [0.2, 0.25) is 0 Å². The molecular formula is C23H23NO4. The number of amides is 1. The van der Waals surface area contributed by atoms with Gasteiger partial charge in [-0.25, -0.2) is 4.79 Å². The van der Waals surface area contributed by atoms with E-state index in [9.17, 15) is 9.59 Å². The van der Waals surface area contributed by atoms with E-state index < -0.39 is 17.9 Å². The largest absolute Gasteiger partial charge is 0.459 e. The fourth-order valence-electron chi connectivity index (χ4n) is 2.79. The van der Waals surface area contributed by atoms with Crippen LogP contribution in [0.15, 0.2) is 77.4 Å². The zero-order valence-electron chi connectivity index (χ0n) is 15.9. The maximum Gasteiger partial charge on any atom is 0.329 e. The van der Waals surface area contributed by atoms with Crippen LogP contribution in [0.3, 0.4) is 0 Å². The fraction of sp³-hybridized carbons (Fsp3) is 0.217. The summed E-state index contributed by atoms with van der Waals surface area (Å²) in [4.78, 5) is 24.6. The van der Waals surface area contributed by atoms with Crippen LogP contribution >= 0.6 is 0 Å². The van der Waals surface area contributed by atoms with Crippen LogP contribution in [0.25, 0.3) is 11.1 Å². The molecule has 0 saturated carbocycles. The summed E-state index contributed by atoms with van der Waals surface area (Å²) in [6, 6.07) is 20.3. The minimum absolute atomic E-state index is 0.119. The summed E-state index contributed by atoms with van der Waals surface area (Å²) in [5, 5.41) is 2.68. The van der Waals surface area contributed by atoms with Gasteiger partial charge in [0.25, 0.3) is 5.91 Å². The van der Waals surface area contributed by atoms with Gasteiger partial charge >= 0.3 is 5.97 Å². The van der Waals surface area contributed by atoms with Crippen molar-refractivity contribution in [2.75, 3.05) is 0 Å². The molecule has 1 aromatic heterocycles. The fourth-order valence-corrected chi connectivity index (χ4v) is 2.79. The molecule has 5 nitrogen and oxygen atoms in total. The average molecular weight is 377 g/mol. The van der Waals surface area contributed by atoms with Crippen LogP contribution in [0.2, 0.25) is 0 Å². The van der Waals surface area contributed by atoms with Crippen LogP contribution in [0, 0.1) is 5.92 Å². The second kappa shape index (κ2) is 9.04. The number of esters is 1. The van der Waals surface area contributed by atoms with E-state index in [1.54, 1.807) is 12.1 Å². The third kappa shape index (κ3) is 4.88. The molecule has 0 saturated heterocycles. The standard InChI is InChI=1S/C23H23NO4/c1-16(2)21(24-22(25)20-9-6-14-27-20)23(26)28-15-17-10-12-19(13-11-17)18-7-4-3-5-8-18/h3-14,16,21H,15H2,1-2H3,(H,24,25)/t21-/m0/s1. The number of hydrogen-bond acceptors (Lipinski definition) is 4. The molecule has 144 valence electrons.